The summed E-state index contributed by atoms with van der Waals surface area (Å²) in [5.74, 6) is 0. The molecule has 0 aliphatic carbocycles. The van der Waals surface area contributed by atoms with Crippen molar-refractivity contribution in [3.05, 3.63) is 267 Å². The van der Waals surface area contributed by atoms with Gasteiger partial charge in [0.1, 0.15) is 0 Å². The minimum absolute atomic E-state index is 1.19. The van der Waals surface area contributed by atoms with E-state index in [0.717, 1.165) is 0 Å². The Kier molecular flexibility index (Phi) is 28.3. The van der Waals surface area contributed by atoms with Gasteiger partial charge < -0.3 is 0 Å². The van der Waals surface area contributed by atoms with Crippen LogP contribution in [0.25, 0.3) is 22.3 Å². The summed E-state index contributed by atoms with van der Waals surface area (Å²) in [7, 11) is 0. The van der Waals surface area contributed by atoms with Crippen LogP contribution in [0, 0.1) is 28.6 Å². The van der Waals surface area contributed by atoms with Gasteiger partial charge in [-0.25, -0.2) is 0 Å². The van der Waals surface area contributed by atoms with Crippen LogP contribution in [-0.4, -0.2) is 4.87 Å². The topological polar surface area (TPSA) is 0 Å². The van der Waals surface area contributed by atoms with Crippen LogP contribution in [0.2, 0.25) is 0 Å². The number of hydrogen-bond donors (Lipinski definition) is 0. The van der Waals surface area contributed by atoms with Gasteiger partial charge >= 0.3 is 0 Å². The molecule has 0 N–H and O–H groups in total. The highest BCUT2D eigenvalue weighted by Gasteiger charge is 2.18. The monoisotopic (exact) mass is 2210 g/mol. The maximum Gasteiger partial charge on any atom is 0.0516 e. The summed E-state index contributed by atoms with van der Waals surface area (Å²) < 4.78 is 12.3. The minimum atomic E-state index is 1.19. The molecule has 0 spiro atoms. The second-order valence-corrected chi connectivity index (χ2v) is 32.6. The zero-order chi connectivity index (χ0) is 47.6. The van der Waals surface area contributed by atoms with Crippen molar-refractivity contribution in [1.29, 1.82) is 0 Å². The zero-order valence-electron chi connectivity index (χ0n) is 34.4. The molecular formula is C54H36I12. The van der Waals surface area contributed by atoms with Gasteiger partial charge in [0.15, 0.2) is 0 Å². The third-order valence-electron chi connectivity index (χ3n) is 9.56. The van der Waals surface area contributed by atoms with Crippen molar-refractivity contribution in [2.24, 2.45) is 0 Å². The van der Waals surface area contributed by atoms with Gasteiger partial charge in [0, 0.05) is 28.6 Å². The quantitative estimate of drug-likeness (QED) is 0.0808. The smallest absolute Gasteiger partial charge is 0.0516 e. The zero-order valence-corrected chi connectivity index (χ0v) is 60.3. The largest absolute Gasteiger partial charge is 0.0748 e. The molecular weight excluding hydrogens is 2170 g/mol. The second-order valence-electron chi connectivity index (χ2n) is 13.8. The van der Waals surface area contributed by atoms with E-state index in [2.05, 4.69) is 465 Å². The summed E-state index contributed by atoms with van der Waals surface area (Å²) >= 11 is 28.0. The lowest BCUT2D eigenvalue weighted by atomic mass is 9.86. The Morgan fingerprint density at radius 1 is 0.182 bits per heavy atom. The van der Waals surface area contributed by atoms with Crippen molar-refractivity contribution in [2.75, 3.05) is 4.87 Å². The molecule has 8 aromatic carbocycles. The molecule has 0 heterocycles. The predicted molar refractivity (Wildman–Crippen MR) is 389 cm³/mol. The molecule has 0 saturated carbocycles. The third kappa shape index (κ3) is 18.7. The molecule has 0 aromatic heterocycles. The first-order chi connectivity index (χ1) is 31.8. The van der Waals surface area contributed by atoms with Gasteiger partial charge in [0.05, 0.1) is 4.87 Å². The minimum Gasteiger partial charge on any atom is -0.0748 e. The van der Waals surface area contributed by atoms with Gasteiger partial charge in [-0.3, -0.25) is 0 Å². The molecule has 12 heteroatoms. The molecule has 66 heavy (non-hydrogen) atoms. The van der Waals surface area contributed by atoms with E-state index in [1.807, 2.05) is 0 Å². The van der Waals surface area contributed by atoms with Crippen molar-refractivity contribution < 1.29 is 0 Å². The van der Waals surface area contributed by atoms with Crippen LogP contribution in [0.4, 0.5) is 0 Å². The molecule has 0 amide bonds. The van der Waals surface area contributed by atoms with E-state index in [-0.39, 0.29) is 0 Å². The van der Waals surface area contributed by atoms with Gasteiger partial charge in [0.25, 0.3) is 0 Å². The highest BCUT2D eigenvalue weighted by Crippen LogP contribution is 2.39. The first-order valence-corrected chi connectivity index (χ1v) is 34.4. The van der Waals surface area contributed by atoms with Gasteiger partial charge in [0.2, 0.25) is 0 Å². The van der Waals surface area contributed by atoms with Crippen molar-refractivity contribution in [3.8, 4) is 0 Å². The van der Waals surface area contributed by atoms with E-state index < -0.39 is 0 Å². The molecule has 336 valence electrons. The highest BCUT2D eigenvalue weighted by molar-refractivity contribution is 14.2. The number of rotatable bonds is 8. The second kappa shape index (κ2) is 31.7. The fourth-order valence-corrected chi connectivity index (χ4v) is 9.63. The SMILES string of the molecule is ICI.ICI.Ic1ccc(C(=C(c2ccc(I)cc2)c2ccc(I)cc2)c2ccc(I)cc2)cc1.Ic1ccc(C(=C(c2ccc(I)cc2)c2ccc(I)cc2)c2ccc(I)cc2)cc1. The van der Waals surface area contributed by atoms with Gasteiger partial charge in [-0.05, 0) is 345 Å². The third-order valence-corrected chi connectivity index (χ3v) is 15.3. The average molecular weight is 2210 g/mol. The lowest BCUT2D eigenvalue weighted by Gasteiger charge is -2.18. The van der Waals surface area contributed by atoms with E-state index >= 15 is 0 Å². The van der Waals surface area contributed by atoms with Crippen LogP contribution >= 0.6 is 271 Å². The summed E-state index contributed by atoms with van der Waals surface area (Å²) in [4.78, 5) is 0. The first-order valence-electron chi connectivity index (χ1n) is 19.7. The first kappa shape index (κ1) is 58.9. The van der Waals surface area contributed by atoms with Crippen LogP contribution < -0.4 is 0 Å². The Labute approximate surface area is 554 Å². The number of halogens is 12. The van der Waals surface area contributed by atoms with E-state index in [1.54, 1.807) is 0 Å². The molecule has 0 aliphatic rings. The maximum absolute atomic E-state index is 2.37. The Morgan fingerprint density at radius 2 is 0.258 bits per heavy atom. The summed E-state index contributed by atoms with van der Waals surface area (Å²) in [6, 6.07) is 70.6. The molecule has 0 radical (unpaired) electrons. The molecule has 0 nitrogen and oxygen atoms in total. The Hall–Kier alpha value is 2.00. The van der Waals surface area contributed by atoms with Gasteiger partial charge in [-0.1, -0.05) is 187 Å². The van der Waals surface area contributed by atoms with Gasteiger partial charge in [-0.2, -0.15) is 0 Å². The summed E-state index contributed by atoms with van der Waals surface area (Å²) in [5.41, 5.74) is 14.8. The van der Waals surface area contributed by atoms with Crippen LogP contribution in [0.3, 0.4) is 0 Å². The molecule has 0 atom stereocenters. The van der Waals surface area contributed by atoms with Crippen molar-refractivity contribution in [3.63, 3.8) is 0 Å². The molecule has 0 fully saturated rings. The summed E-state index contributed by atoms with van der Waals surface area (Å²) in [6.45, 7) is 0. The number of alkyl halides is 4. The standard InChI is InChI=1S/2C26H16I4.2CH2I2/c2*27-21-9-1-17(2-10-21)25(18-3-11-22(28)12-4-18)26(19-5-13-23(29)14-6-19)20-7-15-24(30)16-8-20;2*2-1-3/h2*1-16H;2*1H2. The maximum atomic E-state index is 2.37. The Bertz CT molecular complexity index is 2200. The van der Waals surface area contributed by atoms with E-state index in [0.29, 0.717) is 0 Å². The lowest BCUT2D eigenvalue weighted by molar-refractivity contribution is 1.48. The van der Waals surface area contributed by atoms with Crippen molar-refractivity contribution in [2.45, 2.75) is 0 Å². The Morgan fingerprint density at radius 3 is 0.333 bits per heavy atom. The van der Waals surface area contributed by atoms with Crippen LogP contribution in [0.15, 0.2) is 194 Å². The van der Waals surface area contributed by atoms with Crippen molar-refractivity contribution >= 4 is 293 Å². The number of benzene rings is 8. The van der Waals surface area contributed by atoms with E-state index in [4.69, 9.17) is 0 Å². The van der Waals surface area contributed by atoms with Crippen LogP contribution in [-0.2, 0) is 0 Å². The van der Waals surface area contributed by atoms with Gasteiger partial charge in [-0.15, -0.1) is 0 Å². The van der Waals surface area contributed by atoms with Crippen LogP contribution in [0.1, 0.15) is 44.5 Å². The van der Waals surface area contributed by atoms with E-state index in [9.17, 15) is 0 Å². The molecule has 8 aromatic rings. The molecule has 0 unspecified atom stereocenters. The lowest BCUT2D eigenvalue weighted by Crippen LogP contribution is -1.98. The number of hydrogen-bond acceptors (Lipinski definition) is 0. The van der Waals surface area contributed by atoms with E-state index in [1.165, 1.54) is 100 Å². The molecule has 0 bridgehead atoms. The molecule has 0 aliphatic heterocycles. The Balaban J connectivity index is 0.000000221. The predicted octanol–water partition coefficient (Wildman–Crippen LogP) is 21.9. The normalized spacial score (nSPS) is 10.2. The average Bonchev–Trinajstić information content (AvgIpc) is 3.31. The molecule has 0 saturated heterocycles. The van der Waals surface area contributed by atoms with Crippen LogP contribution in [0.5, 0.6) is 0 Å². The molecule has 8 rings (SSSR count). The summed E-state index contributed by atoms with van der Waals surface area (Å²) in [6.07, 6.45) is 0. The highest BCUT2D eigenvalue weighted by atomic mass is 127. The van der Waals surface area contributed by atoms with Crippen molar-refractivity contribution in [1.82, 2.24) is 0 Å². The summed E-state index contributed by atoms with van der Waals surface area (Å²) in [5, 5.41) is 0. The fraction of sp³-hybridized carbons (Fsp3) is 0.0370. The fourth-order valence-electron chi connectivity index (χ4n) is 6.75.